The van der Waals surface area contributed by atoms with Gasteiger partial charge >= 0.3 is 0 Å². The fraction of sp³-hybridized carbons (Fsp3) is 0.222. The minimum atomic E-state index is -0.178. The van der Waals surface area contributed by atoms with Gasteiger partial charge in [-0.2, -0.15) is 14.9 Å². The zero-order valence-corrected chi connectivity index (χ0v) is 10.4. The highest BCUT2D eigenvalue weighted by Crippen LogP contribution is 2.11. The van der Waals surface area contributed by atoms with Crippen molar-refractivity contribution in [3.63, 3.8) is 0 Å². The van der Waals surface area contributed by atoms with E-state index in [0.717, 1.165) is 15.0 Å². The number of hydrogen-bond donors (Lipinski definition) is 1. The Morgan fingerprint density at radius 2 is 2.27 bits per heavy atom. The Hall–Kier alpha value is -1.18. The number of H-pyrrole nitrogens is 1. The first-order valence-corrected chi connectivity index (χ1v) is 5.44. The first-order chi connectivity index (χ1) is 7.09. The standard InChI is InChI=1S/C9H9IN4O/c1-5-3-6(2)14(13-5)9(15)8-7(10)4-11-12-8/h3-4H,1-2H3,(H,11,12). The van der Waals surface area contributed by atoms with Crippen LogP contribution in [0.5, 0.6) is 0 Å². The number of halogens is 1. The van der Waals surface area contributed by atoms with Gasteiger partial charge < -0.3 is 0 Å². The van der Waals surface area contributed by atoms with E-state index in [2.05, 4.69) is 37.9 Å². The summed E-state index contributed by atoms with van der Waals surface area (Å²) in [5.41, 5.74) is 2.13. The number of nitrogens with zero attached hydrogens (tertiary/aromatic N) is 3. The first kappa shape index (κ1) is 10.3. The van der Waals surface area contributed by atoms with Crippen LogP contribution in [-0.4, -0.2) is 25.9 Å². The minimum Gasteiger partial charge on any atom is -0.272 e. The van der Waals surface area contributed by atoms with Gasteiger partial charge in [0.1, 0.15) is 5.69 Å². The molecule has 6 heteroatoms. The molecule has 0 fully saturated rings. The van der Waals surface area contributed by atoms with Gasteiger partial charge in [0.25, 0.3) is 5.91 Å². The van der Waals surface area contributed by atoms with Crippen LogP contribution in [0.2, 0.25) is 0 Å². The van der Waals surface area contributed by atoms with Crippen molar-refractivity contribution in [1.29, 1.82) is 0 Å². The Kier molecular flexibility index (Phi) is 2.59. The van der Waals surface area contributed by atoms with Crippen LogP contribution in [-0.2, 0) is 0 Å². The van der Waals surface area contributed by atoms with Crippen molar-refractivity contribution in [2.75, 3.05) is 0 Å². The fourth-order valence-corrected chi connectivity index (χ4v) is 1.85. The van der Waals surface area contributed by atoms with Gasteiger partial charge in [-0.05, 0) is 42.5 Å². The predicted molar refractivity (Wildman–Crippen MR) is 62.7 cm³/mol. The molecule has 0 saturated carbocycles. The zero-order valence-electron chi connectivity index (χ0n) is 8.28. The molecule has 0 spiro atoms. The Balaban J connectivity index is 2.45. The van der Waals surface area contributed by atoms with E-state index in [1.165, 1.54) is 4.68 Å². The topological polar surface area (TPSA) is 63.6 Å². The van der Waals surface area contributed by atoms with Crippen molar-refractivity contribution in [3.8, 4) is 0 Å². The van der Waals surface area contributed by atoms with E-state index in [0.29, 0.717) is 5.69 Å². The SMILES string of the molecule is Cc1cc(C)n(C(=O)c2[nH]ncc2I)n1. The Bertz CT molecular complexity index is 514. The summed E-state index contributed by atoms with van der Waals surface area (Å²) < 4.78 is 2.18. The molecule has 0 amide bonds. The Labute approximate surface area is 100 Å². The van der Waals surface area contributed by atoms with Gasteiger partial charge in [-0.15, -0.1) is 0 Å². The highest BCUT2D eigenvalue weighted by Gasteiger charge is 2.16. The van der Waals surface area contributed by atoms with E-state index in [-0.39, 0.29) is 5.91 Å². The summed E-state index contributed by atoms with van der Waals surface area (Å²) in [4.78, 5) is 12.0. The second kappa shape index (κ2) is 3.76. The van der Waals surface area contributed by atoms with Crippen LogP contribution in [0.3, 0.4) is 0 Å². The van der Waals surface area contributed by atoms with Gasteiger partial charge in [-0.3, -0.25) is 9.89 Å². The molecule has 2 aromatic rings. The summed E-state index contributed by atoms with van der Waals surface area (Å²) in [6, 6.07) is 1.86. The molecule has 0 unspecified atom stereocenters. The van der Waals surface area contributed by atoms with E-state index >= 15 is 0 Å². The Morgan fingerprint density at radius 3 is 2.73 bits per heavy atom. The monoisotopic (exact) mass is 316 g/mol. The predicted octanol–water partition coefficient (Wildman–Crippen LogP) is 1.52. The lowest BCUT2D eigenvalue weighted by Crippen LogP contribution is -2.16. The average Bonchev–Trinajstić information content (AvgIpc) is 2.71. The van der Waals surface area contributed by atoms with Crippen LogP contribution in [0.1, 0.15) is 21.9 Å². The smallest absolute Gasteiger partial charge is 0.272 e. The highest BCUT2D eigenvalue weighted by molar-refractivity contribution is 14.1. The third-order valence-electron chi connectivity index (χ3n) is 2.01. The maximum atomic E-state index is 12.0. The van der Waals surface area contributed by atoms with Crippen molar-refractivity contribution in [2.24, 2.45) is 0 Å². The number of aromatic amines is 1. The maximum Gasteiger partial charge on any atom is 0.297 e. The summed E-state index contributed by atoms with van der Waals surface area (Å²) in [5.74, 6) is -0.178. The second-order valence-corrected chi connectivity index (χ2v) is 4.40. The van der Waals surface area contributed by atoms with Crippen molar-refractivity contribution in [1.82, 2.24) is 20.0 Å². The molecular formula is C9H9IN4O. The molecule has 0 aliphatic rings. The largest absolute Gasteiger partial charge is 0.297 e. The van der Waals surface area contributed by atoms with Gasteiger partial charge in [0, 0.05) is 5.69 Å². The number of aromatic nitrogens is 4. The number of carbonyl (C=O) groups excluding carboxylic acids is 1. The maximum absolute atomic E-state index is 12.0. The summed E-state index contributed by atoms with van der Waals surface area (Å²) in [7, 11) is 0. The first-order valence-electron chi connectivity index (χ1n) is 4.36. The summed E-state index contributed by atoms with van der Waals surface area (Å²) in [6.45, 7) is 3.70. The van der Waals surface area contributed by atoms with Crippen LogP contribution in [0.25, 0.3) is 0 Å². The van der Waals surface area contributed by atoms with Crippen molar-refractivity contribution in [3.05, 3.63) is 32.9 Å². The van der Waals surface area contributed by atoms with Crippen molar-refractivity contribution in [2.45, 2.75) is 13.8 Å². The van der Waals surface area contributed by atoms with E-state index in [9.17, 15) is 4.79 Å². The van der Waals surface area contributed by atoms with Gasteiger partial charge in [0.15, 0.2) is 0 Å². The zero-order chi connectivity index (χ0) is 11.0. The van der Waals surface area contributed by atoms with Crippen LogP contribution in [0, 0.1) is 17.4 Å². The lowest BCUT2D eigenvalue weighted by Gasteiger charge is -2.00. The number of aryl methyl sites for hydroxylation is 2. The molecule has 1 N–H and O–H groups in total. The molecule has 2 heterocycles. The fourth-order valence-electron chi connectivity index (χ4n) is 1.36. The molecule has 2 rings (SSSR count). The average molecular weight is 316 g/mol. The quantitative estimate of drug-likeness (QED) is 0.811. The van der Waals surface area contributed by atoms with Crippen LogP contribution in [0.4, 0.5) is 0 Å². The molecule has 0 bridgehead atoms. The van der Waals surface area contributed by atoms with E-state index in [1.54, 1.807) is 6.20 Å². The van der Waals surface area contributed by atoms with Crippen LogP contribution in [0.15, 0.2) is 12.3 Å². The lowest BCUT2D eigenvalue weighted by molar-refractivity contribution is 0.0936. The molecular weight excluding hydrogens is 307 g/mol. The molecule has 15 heavy (non-hydrogen) atoms. The van der Waals surface area contributed by atoms with E-state index < -0.39 is 0 Å². The van der Waals surface area contributed by atoms with E-state index in [4.69, 9.17) is 0 Å². The molecule has 0 atom stereocenters. The minimum absolute atomic E-state index is 0.178. The molecule has 5 nitrogen and oxygen atoms in total. The Morgan fingerprint density at radius 1 is 1.53 bits per heavy atom. The van der Waals surface area contributed by atoms with Gasteiger partial charge in [-0.1, -0.05) is 0 Å². The molecule has 0 aliphatic heterocycles. The number of rotatable bonds is 1. The molecule has 0 saturated heterocycles. The molecule has 0 aliphatic carbocycles. The molecule has 78 valence electrons. The summed E-state index contributed by atoms with van der Waals surface area (Å²) >= 11 is 2.06. The van der Waals surface area contributed by atoms with Crippen LogP contribution >= 0.6 is 22.6 Å². The lowest BCUT2D eigenvalue weighted by atomic mass is 10.4. The van der Waals surface area contributed by atoms with Crippen molar-refractivity contribution < 1.29 is 4.79 Å². The second-order valence-electron chi connectivity index (χ2n) is 3.24. The highest BCUT2D eigenvalue weighted by atomic mass is 127. The molecule has 0 radical (unpaired) electrons. The van der Waals surface area contributed by atoms with Gasteiger partial charge in [-0.25, -0.2) is 0 Å². The summed E-state index contributed by atoms with van der Waals surface area (Å²) in [6.07, 6.45) is 1.61. The van der Waals surface area contributed by atoms with Crippen molar-refractivity contribution >= 4 is 28.5 Å². The normalized spacial score (nSPS) is 10.6. The molecule has 0 aromatic carbocycles. The number of carbonyl (C=O) groups is 1. The number of nitrogens with one attached hydrogen (secondary N) is 1. The number of hydrogen-bond acceptors (Lipinski definition) is 3. The van der Waals surface area contributed by atoms with E-state index in [1.807, 2.05) is 19.9 Å². The third kappa shape index (κ3) is 1.81. The third-order valence-corrected chi connectivity index (χ3v) is 2.83. The molecule has 2 aromatic heterocycles. The summed E-state index contributed by atoms with van der Waals surface area (Å²) in [5, 5.41) is 10.6. The van der Waals surface area contributed by atoms with Gasteiger partial charge in [0.2, 0.25) is 0 Å². The van der Waals surface area contributed by atoms with Gasteiger partial charge in [0.05, 0.1) is 15.5 Å². The van der Waals surface area contributed by atoms with Crippen LogP contribution < -0.4 is 0 Å².